The second-order valence-electron chi connectivity index (χ2n) is 5.87. The van der Waals surface area contributed by atoms with E-state index in [1.54, 1.807) is 4.90 Å². The van der Waals surface area contributed by atoms with E-state index in [0.29, 0.717) is 32.1 Å². The maximum Gasteiger partial charge on any atom is 0.261 e. The van der Waals surface area contributed by atoms with Crippen molar-refractivity contribution in [1.82, 2.24) is 4.90 Å². The average Bonchev–Trinajstić information content (AvgIpc) is 2.69. The Hall–Kier alpha value is -2.65. The summed E-state index contributed by atoms with van der Waals surface area (Å²) in [6.45, 7) is 1.97. The zero-order chi connectivity index (χ0) is 19.3. The van der Waals surface area contributed by atoms with Crippen LogP contribution in [0.5, 0.6) is 5.75 Å². The van der Waals surface area contributed by atoms with E-state index in [4.69, 9.17) is 9.47 Å². The van der Waals surface area contributed by atoms with Crippen LogP contribution < -0.4 is 9.46 Å². The number of amides is 1. The number of sulfonamides is 1. The summed E-state index contributed by atoms with van der Waals surface area (Å²) in [6, 6.07) is 10.7. The SMILES string of the molecule is O=C(COc1ccc(S(=O)(=O)Nc2ccc(F)cc2)cc1)N1CCOCC1. The van der Waals surface area contributed by atoms with Crippen LogP contribution in [0, 0.1) is 5.82 Å². The van der Waals surface area contributed by atoms with Crippen molar-refractivity contribution in [2.45, 2.75) is 4.90 Å². The number of hydrogen-bond acceptors (Lipinski definition) is 5. The van der Waals surface area contributed by atoms with Crippen molar-refractivity contribution in [3.05, 3.63) is 54.3 Å². The molecular formula is C18H19FN2O5S. The van der Waals surface area contributed by atoms with Gasteiger partial charge in [-0.1, -0.05) is 0 Å². The fourth-order valence-electron chi connectivity index (χ4n) is 2.50. The van der Waals surface area contributed by atoms with Gasteiger partial charge in [-0.2, -0.15) is 0 Å². The highest BCUT2D eigenvalue weighted by molar-refractivity contribution is 7.92. The highest BCUT2D eigenvalue weighted by Crippen LogP contribution is 2.19. The topological polar surface area (TPSA) is 84.9 Å². The number of ether oxygens (including phenoxy) is 2. The lowest BCUT2D eigenvalue weighted by Gasteiger charge is -2.26. The molecule has 3 rings (SSSR count). The van der Waals surface area contributed by atoms with Crippen molar-refractivity contribution in [1.29, 1.82) is 0 Å². The second-order valence-corrected chi connectivity index (χ2v) is 7.55. The van der Waals surface area contributed by atoms with E-state index in [1.807, 2.05) is 0 Å². The molecule has 0 radical (unpaired) electrons. The van der Waals surface area contributed by atoms with Gasteiger partial charge in [0, 0.05) is 18.8 Å². The number of carbonyl (C=O) groups excluding carboxylic acids is 1. The Morgan fingerprint density at radius 3 is 2.33 bits per heavy atom. The lowest BCUT2D eigenvalue weighted by atomic mass is 10.3. The zero-order valence-electron chi connectivity index (χ0n) is 14.4. The molecule has 0 saturated carbocycles. The predicted molar refractivity (Wildman–Crippen MR) is 96.5 cm³/mol. The highest BCUT2D eigenvalue weighted by Gasteiger charge is 2.18. The molecule has 9 heteroatoms. The van der Waals surface area contributed by atoms with E-state index in [2.05, 4.69) is 4.72 Å². The molecule has 0 unspecified atom stereocenters. The van der Waals surface area contributed by atoms with Crippen LogP contribution in [0.3, 0.4) is 0 Å². The Bertz CT molecular complexity index is 879. The number of benzene rings is 2. The summed E-state index contributed by atoms with van der Waals surface area (Å²) in [6.07, 6.45) is 0. The van der Waals surface area contributed by atoms with E-state index in [0.717, 1.165) is 0 Å². The van der Waals surface area contributed by atoms with Gasteiger partial charge in [-0.3, -0.25) is 9.52 Å². The number of carbonyl (C=O) groups is 1. The summed E-state index contributed by atoms with van der Waals surface area (Å²) in [7, 11) is -3.81. The Kier molecular flexibility index (Phi) is 5.92. The van der Waals surface area contributed by atoms with Gasteiger partial charge < -0.3 is 14.4 Å². The zero-order valence-corrected chi connectivity index (χ0v) is 15.2. The van der Waals surface area contributed by atoms with E-state index < -0.39 is 15.8 Å². The van der Waals surface area contributed by atoms with Crippen molar-refractivity contribution in [3.8, 4) is 5.75 Å². The monoisotopic (exact) mass is 394 g/mol. The third-order valence-corrected chi connectivity index (χ3v) is 5.35. The van der Waals surface area contributed by atoms with Crippen molar-refractivity contribution in [3.63, 3.8) is 0 Å². The standard InChI is InChI=1S/C18H19FN2O5S/c19-14-1-3-15(4-2-14)20-27(23,24)17-7-5-16(6-8-17)26-13-18(22)21-9-11-25-12-10-21/h1-8,20H,9-13H2. The van der Waals surface area contributed by atoms with Crippen molar-refractivity contribution >= 4 is 21.6 Å². The molecule has 1 fully saturated rings. The van der Waals surface area contributed by atoms with Crippen LogP contribution in [-0.4, -0.2) is 52.1 Å². The Labute approximate surface area is 156 Å². The van der Waals surface area contributed by atoms with Crippen LogP contribution in [0.25, 0.3) is 0 Å². The number of halogens is 1. The Morgan fingerprint density at radius 2 is 1.70 bits per heavy atom. The van der Waals surface area contributed by atoms with Gasteiger partial charge >= 0.3 is 0 Å². The third-order valence-electron chi connectivity index (χ3n) is 3.96. The molecule has 1 heterocycles. The molecule has 0 aliphatic carbocycles. The minimum absolute atomic E-state index is 0.0266. The lowest BCUT2D eigenvalue weighted by molar-refractivity contribution is -0.137. The second kappa shape index (κ2) is 8.36. The summed E-state index contributed by atoms with van der Waals surface area (Å²) < 4.78 is 50.6. The largest absolute Gasteiger partial charge is 0.484 e. The molecule has 0 atom stereocenters. The maximum absolute atomic E-state index is 12.9. The first-order chi connectivity index (χ1) is 12.9. The molecule has 7 nitrogen and oxygen atoms in total. The van der Waals surface area contributed by atoms with Crippen molar-refractivity contribution < 1.29 is 27.1 Å². The average molecular weight is 394 g/mol. The first-order valence-corrected chi connectivity index (χ1v) is 9.79. The quantitative estimate of drug-likeness (QED) is 0.809. The number of anilines is 1. The minimum Gasteiger partial charge on any atom is -0.484 e. The van der Waals surface area contributed by atoms with Gasteiger partial charge in [-0.05, 0) is 48.5 Å². The number of morpholine rings is 1. The smallest absolute Gasteiger partial charge is 0.261 e. The highest BCUT2D eigenvalue weighted by atomic mass is 32.2. The first kappa shape index (κ1) is 19.1. The van der Waals surface area contributed by atoms with Crippen molar-refractivity contribution in [2.24, 2.45) is 0 Å². The van der Waals surface area contributed by atoms with Crippen LogP contribution >= 0.6 is 0 Å². The van der Waals surface area contributed by atoms with Crippen LogP contribution in [0.15, 0.2) is 53.4 Å². The van der Waals surface area contributed by atoms with E-state index in [-0.39, 0.29) is 23.1 Å². The third kappa shape index (κ3) is 5.18. The van der Waals surface area contributed by atoms with Gasteiger partial charge in [-0.15, -0.1) is 0 Å². The Morgan fingerprint density at radius 1 is 1.07 bits per heavy atom. The molecule has 1 aliphatic heterocycles. The minimum atomic E-state index is -3.81. The first-order valence-electron chi connectivity index (χ1n) is 8.31. The maximum atomic E-state index is 12.9. The molecule has 0 bridgehead atoms. The number of rotatable bonds is 6. The molecular weight excluding hydrogens is 375 g/mol. The molecule has 144 valence electrons. The predicted octanol–water partition coefficient (Wildman–Crippen LogP) is 1.86. The van der Waals surface area contributed by atoms with Crippen LogP contribution in [0.2, 0.25) is 0 Å². The van der Waals surface area contributed by atoms with Gasteiger partial charge in [0.05, 0.1) is 18.1 Å². The van der Waals surface area contributed by atoms with E-state index in [1.165, 1.54) is 48.5 Å². The molecule has 1 aliphatic rings. The molecule has 2 aromatic rings. The number of nitrogens with one attached hydrogen (secondary N) is 1. The molecule has 0 spiro atoms. The van der Waals surface area contributed by atoms with Crippen LogP contribution in [-0.2, 0) is 19.6 Å². The Balaban J connectivity index is 1.58. The number of hydrogen-bond donors (Lipinski definition) is 1. The molecule has 2 aromatic carbocycles. The van der Waals surface area contributed by atoms with Crippen LogP contribution in [0.4, 0.5) is 10.1 Å². The summed E-state index contributed by atoms with van der Waals surface area (Å²) in [5, 5.41) is 0. The van der Waals surface area contributed by atoms with Crippen molar-refractivity contribution in [2.75, 3.05) is 37.6 Å². The fourth-order valence-corrected chi connectivity index (χ4v) is 3.55. The molecule has 1 saturated heterocycles. The lowest BCUT2D eigenvalue weighted by Crippen LogP contribution is -2.42. The molecule has 0 aromatic heterocycles. The van der Waals surface area contributed by atoms with Gasteiger partial charge in [0.15, 0.2) is 6.61 Å². The normalized spacial score (nSPS) is 14.6. The summed E-state index contributed by atoms with van der Waals surface area (Å²) in [4.78, 5) is 13.7. The molecule has 1 N–H and O–H groups in total. The van der Waals surface area contributed by atoms with E-state index >= 15 is 0 Å². The fraction of sp³-hybridized carbons (Fsp3) is 0.278. The summed E-state index contributed by atoms with van der Waals surface area (Å²) >= 11 is 0. The molecule has 1 amide bonds. The van der Waals surface area contributed by atoms with Gasteiger partial charge in [0.1, 0.15) is 11.6 Å². The van der Waals surface area contributed by atoms with E-state index in [9.17, 15) is 17.6 Å². The van der Waals surface area contributed by atoms with Crippen LogP contribution in [0.1, 0.15) is 0 Å². The summed E-state index contributed by atoms with van der Waals surface area (Å²) in [5.74, 6) is -0.212. The molecule has 27 heavy (non-hydrogen) atoms. The van der Waals surface area contributed by atoms with Gasteiger partial charge in [-0.25, -0.2) is 12.8 Å². The summed E-state index contributed by atoms with van der Waals surface area (Å²) in [5.41, 5.74) is 0.257. The number of nitrogens with zero attached hydrogens (tertiary/aromatic N) is 1. The van der Waals surface area contributed by atoms with Gasteiger partial charge in [0.25, 0.3) is 15.9 Å². The van der Waals surface area contributed by atoms with Gasteiger partial charge in [0.2, 0.25) is 0 Å².